The molecule has 5 amide bonds. The molecule has 19 nitrogen and oxygen atoms in total. The molecule has 0 fully saturated rings. The molecule has 0 unspecified atom stereocenters. The van der Waals surface area contributed by atoms with E-state index in [0.717, 1.165) is 0 Å². The minimum absolute atomic E-state index is 0. The van der Waals surface area contributed by atoms with Crippen LogP contribution in [0.5, 0.6) is 0 Å². The molecule has 0 atom stereocenters. The summed E-state index contributed by atoms with van der Waals surface area (Å²) in [4.78, 5) is 79.1. The van der Waals surface area contributed by atoms with Crippen molar-refractivity contribution in [2.75, 3.05) is 77.9 Å². The number of carbonyl (C=O) groups is 8. The molecule has 0 aromatic heterocycles. The Morgan fingerprint density at radius 1 is 0.455 bits per heavy atom. The molecule has 0 rings (SSSR count). The van der Waals surface area contributed by atoms with Gasteiger partial charge in [-0.25, -0.2) is 14.4 Å². The normalized spacial score (nSPS) is 6.86. The summed E-state index contributed by atoms with van der Waals surface area (Å²) >= 11 is 0. The first-order chi connectivity index (χ1) is 19.4. The van der Waals surface area contributed by atoms with Gasteiger partial charge in [0.15, 0.2) is 0 Å². The SMILES string of the molecule is C.C.CNC(=O)NC.CNC(=O)OC.CNC(C)=O.CNC(C)=O.COC(=O)CC(=O)OC.COC(=O)OC.COC(C)=O. The average molecular weight is 652 g/mol. The second-order valence-corrected chi connectivity index (χ2v) is 5.87. The van der Waals surface area contributed by atoms with Gasteiger partial charge in [0.25, 0.3) is 0 Å². The molecular weight excluding hydrogens is 594 g/mol. The summed E-state index contributed by atoms with van der Waals surface area (Å²) in [5.74, 6) is -1.40. The Kier molecular flexibility index (Phi) is 77.3. The molecule has 0 heterocycles. The molecule has 0 bridgehead atoms. The second-order valence-electron chi connectivity index (χ2n) is 5.87. The van der Waals surface area contributed by atoms with Crippen LogP contribution in [0.15, 0.2) is 0 Å². The van der Waals surface area contributed by atoms with Gasteiger partial charge in [0.05, 0.1) is 42.7 Å². The number of alkyl carbamates (subject to hydrolysis) is 1. The molecule has 19 heteroatoms. The number of amides is 5. The number of hydrogen-bond donors (Lipinski definition) is 5. The molecular formula is C25H57N5O14. The van der Waals surface area contributed by atoms with Crippen molar-refractivity contribution in [1.82, 2.24) is 26.6 Å². The van der Waals surface area contributed by atoms with E-state index in [1.165, 1.54) is 70.5 Å². The molecule has 0 radical (unpaired) electrons. The van der Waals surface area contributed by atoms with Gasteiger partial charge in [-0.3, -0.25) is 24.0 Å². The summed E-state index contributed by atoms with van der Waals surface area (Å²) in [6, 6.07) is -0.157. The molecule has 44 heavy (non-hydrogen) atoms. The number of esters is 3. The molecule has 0 aromatic carbocycles. The van der Waals surface area contributed by atoms with Crippen molar-refractivity contribution in [3.63, 3.8) is 0 Å². The van der Waals surface area contributed by atoms with E-state index in [0.29, 0.717) is 0 Å². The standard InChI is InChI=1S/C5H8O4.C3H8N2O.C3H7NO2.2C3H7NO.C3H6O3.C3H6O2.2CH4/c1-8-4(6)3-5(7)9-2;1-4-3(6)5-2;1-4-3(5)6-2;2*1-3(5)4-2;1-5-3(4)6-2;1-3(4)5-2;;/h3H2,1-2H3;1-2H3,(H2,4,5,6);1-2H3,(H,4,5);2*1-2H3,(H,4,5);1-2H3;1-2H3;2*1H4. The average Bonchev–Trinajstić information content (AvgIpc) is 3.00. The highest BCUT2D eigenvalue weighted by Crippen LogP contribution is 1.85. The first-order valence-electron chi connectivity index (χ1n) is 11.3. The second kappa shape index (κ2) is 54.3. The van der Waals surface area contributed by atoms with E-state index in [1.54, 1.807) is 28.2 Å². The van der Waals surface area contributed by atoms with Gasteiger partial charge in [0, 0.05) is 56.0 Å². The van der Waals surface area contributed by atoms with Crippen LogP contribution in [-0.4, -0.2) is 126 Å². The van der Waals surface area contributed by atoms with Crippen LogP contribution in [0.1, 0.15) is 42.0 Å². The molecule has 0 saturated carbocycles. The third kappa shape index (κ3) is 109. The lowest BCUT2D eigenvalue weighted by molar-refractivity contribution is -0.151. The van der Waals surface area contributed by atoms with Gasteiger partial charge in [-0.15, -0.1) is 0 Å². The number of urea groups is 1. The number of rotatable bonds is 2. The summed E-state index contributed by atoms with van der Waals surface area (Å²) in [5.41, 5.74) is 0. The van der Waals surface area contributed by atoms with Gasteiger partial charge in [0.1, 0.15) is 6.42 Å². The Labute approximate surface area is 261 Å². The zero-order valence-corrected chi connectivity index (χ0v) is 26.9. The maximum atomic E-state index is 10.3. The zero-order chi connectivity index (χ0) is 35.1. The van der Waals surface area contributed by atoms with Gasteiger partial charge < -0.3 is 55.0 Å². The van der Waals surface area contributed by atoms with Crippen LogP contribution in [0.25, 0.3) is 0 Å². The Hall–Kier alpha value is -4.84. The highest BCUT2D eigenvalue weighted by Gasteiger charge is 2.07. The van der Waals surface area contributed by atoms with Gasteiger partial charge in [-0.05, 0) is 0 Å². The summed E-state index contributed by atoms with van der Waals surface area (Å²) in [5, 5.41) is 11.8. The summed E-state index contributed by atoms with van der Waals surface area (Å²) < 4.78 is 24.7. The fourth-order valence-electron chi connectivity index (χ4n) is 0.573. The highest BCUT2D eigenvalue weighted by atomic mass is 16.7. The van der Waals surface area contributed by atoms with Crippen molar-refractivity contribution in [3.8, 4) is 0 Å². The van der Waals surface area contributed by atoms with Crippen molar-refractivity contribution in [3.05, 3.63) is 0 Å². The first kappa shape index (κ1) is 62.7. The van der Waals surface area contributed by atoms with Crippen molar-refractivity contribution in [2.24, 2.45) is 0 Å². The lowest BCUT2D eigenvalue weighted by Gasteiger charge is -1.95. The van der Waals surface area contributed by atoms with Crippen LogP contribution < -0.4 is 26.6 Å². The van der Waals surface area contributed by atoms with Gasteiger partial charge in [-0.1, -0.05) is 14.9 Å². The lowest BCUT2D eigenvalue weighted by Crippen LogP contribution is -2.28. The van der Waals surface area contributed by atoms with E-state index in [1.807, 2.05) is 0 Å². The predicted octanol–water partition coefficient (Wildman–Crippen LogP) is 0.595. The van der Waals surface area contributed by atoms with Crippen molar-refractivity contribution in [1.29, 1.82) is 0 Å². The number of methoxy groups -OCH3 is 6. The Bertz CT molecular complexity index is 633. The minimum atomic E-state index is -0.657. The third-order valence-electron chi connectivity index (χ3n) is 2.91. The minimum Gasteiger partial charge on any atom is -0.469 e. The predicted molar refractivity (Wildman–Crippen MR) is 164 cm³/mol. The van der Waals surface area contributed by atoms with Crippen LogP contribution in [0.3, 0.4) is 0 Å². The molecule has 0 aromatic rings. The van der Waals surface area contributed by atoms with Crippen molar-refractivity contribution in [2.45, 2.75) is 42.0 Å². The van der Waals surface area contributed by atoms with Crippen LogP contribution in [0, 0.1) is 0 Å². The van der Waals surface area contributed by atoms with Crippen LogP contribution >= 0.6 is 0 Å². The highest BCUT2D eigenvalue weighted by molar-refractivity contribution is 5.90. The van der Waals surface area contributed by atoms with Gasteiger partial charge >= 0.3 is 36.2 Å². The zero-order valence-electron chi connectivity index (χ0n) is 26.9. The van der Waals surface area contributed by atoms with E-state index in [-0.39, 0.29) is 45.1 Å². The van der Waals surface area contributed by atoms with Crippen LogP contribution in [-0.2, 0) is 52.4 Å². The quantitative estimate of drug-likeness (QED) is 0.156. The largest absolute Gasteiger partial charge is 0.507 e. The lowest BCUT2D eigenvalue weighted by atomic mass is 10.4. The molecule has 0 spiro atoms. The summed E-state index contributed by atoms with van der Waals surface area (Å²) in [7, 11) is 15.4. The smallest absolute Gasteiger partial charge is 0.469 e. The van der Waals surface area contributed by atoms with E-state index in [2.05, 4.69) is 55.0 Å². The molecule has 0 aliphatic carbocycles. The molecule has 5 N–H and O–H groups in total. The Morgan fingerprint density at radius 3 is 0.773 bits per heavy atom. The fraction of sp³-hybridized carbons (Fsp3) is 0.680. The Morgan fingerprint density at radius 2 is 0.727 bits per heavy atom. The fourth-order valence-corrected chi connectivity index (χ4v) is 0.573. The first-order valence-corrected chi connectivity index (χ1v) is 11.3. The maximum absolute atomic E-state index is 10.3. The molecule has 0 aliphatic rings. The van der Waals surface area contributed by atoms with Crippen molar-refractivity contribution >= 4 is 48.0 Å². The molecule has 0 saturated heterocycles. The van der Waals surface area contributed by atoms with Crippen LogP contribution in [0.2, 0.25) is 0 Å². The van der Waals surface area contributed by atoms with E-state index in [4.69, 9.17) is 0 Å². The summed E-state index contributed by atoms with van der Waals surface area (Å²) in [6.45, 7) is 4.31. The summed E-state index contributed by atoms with van der Waals surface area (Å²) in [6.07, 6.45) is -1.38. The third-order valence-corrected chi connectivity index (χ3v) is 2.91. The van der Waals surface area contributed by atoms with Gasteiger partial charge in [0.2, 0.25) is 11.8 Å². The number of hydrogen-bond acceptors (Lipinski definition) is 14. The van der Waals surface area contributed by atoms with E-state index >= 15 is 0 Å². The monoisotopic (exact) mass is 651 g/mol. The number of nitrogens with one attached hydrogen (secondary N) is 5. The van der Waals surface area contributed by atoms with Gasteiger partial charge in [-0.2, -0.15) is 0 Å². The number of carbonyl (C=O) groups excluding carboxylic acids is 8. The topological polar surface area (TPSA) is 252 Å². The van der Waals surface area contributed by atoms with Crippen LogP contribution in [0.4, 0.5) is 14.4 Å². The number of ether oxygens (including phenoxy) is 6. The van der Waals surface area contributed by atoms with Crippen molar-refractivity contribution < 1.29 is 66.8 Å². The van der Waals surface area contributed by atoms with E-state index in [9.17, 15) is 38.4 Å². The maximum Gasteiger partial charge on any atom is 0.507 e. The Balaban J connectivity index is -0.0000000466. The molecule has 0 aliphatic heterocycles. The van der Waals surface area contributed by atoms with E-state index < -0.39 is 24.2 Å². The molecule has 266 valence electrons.